The highest BCUT2D eigenvalue weighted by Gasteiger charge is 2.18. The third kappa shape index (κ3) is 6.32. The molecule has 0 aromatic heterocycles. The van der Waals surface area contributed by atoms with Crippen LogP contribution >= 0.6 is 15.9 Å². The van der Waals surface area contributed by atoms with Gasteiger partial charge in [0.25, 0.3) is 11.8 Å². The molecule has 0 saturated heterocycles. The Morgan fingerprint density at radius 3 is 2.17 bits per heavy atom. The van der Waals surface area contributed by atoms with Crippen LogP contribution in [0, 0.1) is 13.8 Å². The van der Waals surface area contributed by atoms with Gasteiger partial charge in [0.15, 0.2) is 6.10 Å². The standard InChI is InChI=1S/C21H24BrN3O4/c1-5-18(26)23-17-8-6-15(7-9-17)21(28)25-24-20(27)14(4)29-19-12(2)10-16(22)11-13(19)3/h6-11,14H,5H2,1-4H3,(H,23,26)(H,24,27)(H,25,28). The Kier molecular flexibility index (Phi) is 7.78. The van der Waals surface area contributed by atoms with Crippen molar-refractivity contribution in [2.24, 2.45) is 0 Å². The van der Waals surface area contributed by atoms with E-state index in [0.29, 0.717) is 23.4 Å². The van der Waals surface area contributed by atoms with Gasteiger partial charge in [-0.25, -0.2) is 0 Å². The molecule has 0 fully saturated rings. The number of carbonyl (C=O) groups excluding carboxylic acids is 3. The van der Waals surface area contributed by atoms with E-state index < -0.39 is 17.9 Å². The SMILES string of the molecule is CCC(=O)Nc1ccc(C(=O)NNC(=O)C(C)Oc2c(C)cc(Br)cc2C)cc1. The second kappa shape index (κ2) is 10.1. The summed E-state index contributed by atoms with van der Waals surface area (Å²) >= 11 is 3.42. The van der Waals surface area contributed by atoms with Gasteiger partial charge < -0.3 is 10.1 Å². The summed E-state index contributed by atoms with van der Waals surface area (Å²) in [6, 6.07) is 10.2. The summed E-state index contributed by atoms with van der Waals surface area (Å²) in [7, 11) is 0. The number of halogens is 1. The molecule has 0 aliphatic carbocycles. The lowest BCUT2D eigenvalue weighted by Gasteiger charge is -2.18. The van der Waals surface area contributed by atoms with E-state index in [1.165, 1.54) is 0 Å². The van der Waals surface area contributed by atoms with Crippen LogP contribution in [0.4, 0.5) is 5.69 Å². The first kappa shape index (κ1) is 22.4. The normalized spacial score (nSPS) is 11.3. The lowest BCUT2D eigenvalue weighted by Crippen LogP contribution is -2.47. The number of rotatable bonds is 6. The zero-order valence-corrected chi connectivity index (χ0v) is 18.3. The molecular weight excluding hydrogens is 438 g/mol. The third-order valence-electron chi connectivity index (χ3n) is 4.14. The number of nitrogens with one attached hydrogen (secondary N) is 3. The molecule has 2 aromatic rings. The second-order valence-corrected chi connectivity index (χ2v) is 7.47. The fourth-order valence-corrected chi connectivity index (χ4v) is 3.25. The maximum atomic E-state index is 12.3. The molecule has 0 spiro atoms. The van der Waals surface area contributed by atoms with Crippen molar-refractivity contribution < 1.29 is 19.1 Å². The van der Waals surface area contributed by atoms with Crippen LogP contribution in [-0.4, -0.2) is 23.8 Å². The predicted octanol–water partition coefficient (Wildman–Crippen LogP) is 3.64. The van der Waals surface area contributed by atoms with Crippen molar-refractivity contribution in [3.8, 4) is 5.75 Å². The summed E-state index contributed by atoms with van der Waals surface area (Å²) in [4.78, 5) is 35.9. The number of ether oxygens (including phenoxy) is 1. The first-order valence-corrected chi connectivity index (χ1v) is 9.94. The van der Waals surface area contributed by atoms with Gasteiger partial charge in [-0.1, -0.05) is 22.9 Å². The number of anilines is 1. The average molecular weight is 462 g/mol. The van der Waals surface area contributed by atoms with E-state index in [-0.39, 0.29) is 5.91 Å². The van der Waals surface area contributed by atoms with Crippen LogP contribution in [0.5, 0.6) is 5.75 Å². The van der Waals surface area contributed by atoms with E-state index in [2.05, 4.69) is 32.1 Å². The Morgan fingerprint density at radius 1 is 1.03 bits per heavy atom. The fraction of sp³-hybridized carbons (Fsp3) is 0.286. The minimum Gasteiger partial charge on any atom is -0.480 e. The highest BCUT2D eigenvalue weighted by atomic mass is 79.9. The molecule has 0 bridgehead atoms. The molecule has 0 aliphatic heterocycles. The topological polar surface area (TPSA) is 96.5 Å². The van der Waals surface area contributed by atoms with Crippen LogP contribution in [0.1, 0.15) is 41.8 Å². The summed E-state index contributed by atoms with van der Waals surface area (Å²) in [5, 5.41) is 2.70. The Bertz CT molecular complexity index is 890. The van der Waals surface area contributed by atoms with Crippen LogP contribution in [0.15, 0.2) is 40.9 Å². The van der Waals surface area contributed by atoms with Crippen LogP contribution in [-0.2, 0) is 9.59 Å². The van der Waals surface area contributed by atoms with Crippen molar-refractivity contribution in [3.05, 3.63) is 57.6 Å². The van der Waals surface area contributed by atoms with E-state index in [9.17, 15) is 14.4 Å². The zero-order valence-electron chi connectivity index (χ0n) is 16.8. The molecule has 154 valence electrons. The smallest absolute Gasteiger partial charge is 0.279 e. The fourth-order valence-electron chi connectivity index (χ4n) is 2.56. The number of carbonyl (C=O) groups is 3. The molecule has 0 saturated carbocycles. The van der Waals surface area contributed by atoms with Crippen molar-refractivity contribution in [1.29, 1.82) is 0 Å². The van der Waals surface area contributed by atoms with Crippen LogP contribution in [0.3, 0.4) is 0 Å². The van der Waals surface area contributed by atoms with Gasteiger partial charge in [0.1, 0.15) is 5.75 Å². The van der Waals surface area contributed by atoms with E-state index >= 15 is 0 Å². The Hall–Kier alpha value is -2.87. The van der Waals surface area contributed by atoms with Gasteiger partial charge in [-0.15, -0.1) is 0 Å². The zero-order chi connectivity index (χ0) is 21.6. The first-order valence-electron chi connectivity index (χ1n) is 9.14. The molecule has 1 unspecified atom stereocenters. The Labute approximate surface area is 178 Å². The predicted molar refractivity (Wildman–Crippen MR) is 115 cm³/mol. The van der Waals surface area contributed by atoms with E-state index in [0.717, 1.165) is 15.6 Å². The molecule has 1 atom stereocenters. The molecule has 0 radical (unpaired) electrons. The van der Waals surface area contributed by atoms with Crippen molar-refractivity contribution >= 4 is 39.3 Å². The number of amides is 3. The molecule has 8 heteroatoms. The molecule has 2 rings (SSSR count). The molecule has 0 heterocycles. The van der Waals surface area contributed by atoms with Crippen molar-refractivity contribution in [2.75, 3.05) is 5.32 Å². The summed E-state index contributed by atoms with van der Waals surface area (Å²) in [5.74, 6) is -0.437. The van der Waals surface area contributed by atoms with E-state index in [1.807, 2.05) is 26.0 Å². The quantitative estimate of drug-likeness (QED) is 0.572. The van der Waals surface area contributed by atoms with Gasteiger partial charge in [-0.2, -0.15) is 0 Å². The number of benzene rings is 2. The summed E-state index contributed by atoms with van der Waals surface area (Å²) in [6.45, 7) is 7.15. The number of hydrogen-bond donors (Lipinski definition) is 3. The molecule has 29 heavy (non-hydrogen) atoms. The maximum absolute atomic E-state index is 12.3. The maximum Gasteiger partial charge on any atom is 0.279 e. The molecule has 3 amide bonds. The van der Waals surface area contributed by atoms with Crippen molar-refractivity contribution in [2.45, 2.75) is 40.2 Å². The summed E-state index contributed by atoms with van der Waals surface area (Å²) < 4.78 is 6.70. The van der Waals surface area contributed by atoms with Gasteiger partial charge in [0.2, 0.25) is 5.91 Å². The van der Waals surface area contributed by atoms with Gasteiger partial charge >= 0.3 is 0 Å². The highest BCUT2D eigenvalue weighted by molar-refractivity contribution is 9.10. The lowest BCUT2D eigenvalue weighted by atomic mass is 10.1. The van der Waals surface area contributed by atoms with Gasteiger partial charge in [-0.3, -0.25) is 25.2 Å². The van der Waals surface area contributed by atoms with Crippen LogP contribution in [0.2, 0.25) is 0 Å². The molecule has 3 N–H and O–H groups in total. The van der Waals surface area contributed by atoms with Crippen molar-refractivity contribution in [3.63, 3.8) is 0 Å². The van der Waals surface area contributed by atoms with Crippen molar-refractivity contribution in [1.82, 2.24) is 10.9 Å². The summed E-state index contributed by atoms with van der Waals surface area (Å²) in [6.07, 6.45) is -0.436. The Morgan fingerprint density at radius 2 is 1.62 bits per heavy atom. The average Bonchev–Trinajstić information content (AvgIpc) is 2.68. The molecular formula is C21H24BrN3O4. The summed E-state index contributed by atoms with van der Waals surface area (Å²) in [5.41, 5.74) is 7.46. The van der Waals surface area contributed by atoms with Crippen LogP contribution in [0.25, 0.3) is 0 Å². The first-order chi connectivity index (χ1) is 13.7. The van der Waals surface area contributed by atoms with Crippen LogP contribution < -0.4 is 20.9 Å². The van der Waals surface area contributed by atoms with Gasteiger partial charge in [0.05, 0.1) is 0 Å². The number of hydrazine groups is 1. The van der Waals surface area contributed by atoms with Gasteiger partial charge in [0, 0.05) is 22.1 Å². The van der Waals surface area contributed by atoms with E-state index in [1.54, 1.807) is 38.1 Å². The molecule has 2 aromatic carbocycles. The monoisotopic (exact) mass is 461 g/mol. The molecule has 0 aliphatic rings. The van der Waals surface area contributed by atoms with E-state index in [4.69, 9.17) is 4.74 Å². The highest BCUT2D eigenvalue weighted by Crippen LogP contribution is 2.28. The second-order valence-electron chi connectivity index (χ2n) is 6.55. The minimum atomic E-state index is -0.805. The Balaban J connectivity index is 1.91. The third-order valence-corrected chi connectivity index (χ3v) is 4.60. The number of aryl methyl sites for hydroxylation is 2. The lowest BCUT2D eigenvalue weighted by molar-refractivity contribution is -0.128. The minimum absolute atomic E-state index is 0.111. The molecule has 7 nitrogen and oxygen atoms in total. The van der Waals surface area contributed by atoms with Gasteiger partial charge in [-0.05, 0) is 68.3 Å². The largest absolute Gasteiger partial charge is 0.480 e. The number of hydrogen-bond acceptors (Lipinski definition) is 4.